The van der Waals surface area contributed by atoms with Gasteiger partial charge in [-0.2, -0.15) is 0 Å². The molecule has 1 fully saturated rings. The van der Waals surface area contributed by atoms with Gasteiger partial charge in [0.1, 0.15) is 12.3 Å². The highest BCUT2D eigenvalue weighted by molar-refractivity contribution is 5.70. The zero-order valence-electron chi connectivity index (χ0n) is 20.2. The van der Waals surface area contributed by atoms with Crippen LogP contribution in [0, 0.1) is 6.92 Å². The number of aryl methyl sites for hydroxylation is 1. The van der Waals surface area contributed by atoms with Gasteiger partial charge in [0.15, 0.2) is 17.4 Å². The summed E-state index contributed by atoms with van der Waals surface area (Å²) in [5, 5.41) is 25.3. The van der Waals surface area contributed by atoms with Crippen LogP contribution in [-0.2, 0) is 9.47 Å². The van der Waals surface area contributed by atoms with Crippen molar-refractivity contribution in [2.24, 2.45) is 5.73 Å². The number of fused-ring (bicyclic) bond motifs is 1. The zero-order valence-corrected chi connectivity index (χ0v) is 20.2. The standard InChI is InChI=1S/C10H12N4O3.C10H12N2O4.CH4N2O2/c15-3-6-1-2-7(17-6)14-5-13-8-9(14)11-4-12-10(8)16;1-6-4-12(10(15)11-9(6)14)8-3-2-7(5-13)16-8;2-1(4)3-5/h4-7,15H,1-3H2,(H,11,12,16);2-4,7-8,13H,5H2,1H3,(H,11,14,15);5H,(H3,2,3,4)/t6-,7+;7-,8+;/m00./s1. The lowest BCUT2D eigenvalue weighted by atomic mass is 10.2. The van der Waals surface area contributed by atoms with Gasteiger partial charge in [-0.15, -0.1) is 0 Å². The van der Waals surface area contributed by atoms with E-state index in [9.17, 15) is 19.2 Å². The fourth-order valence-corrected chi connectivity index (χ4v) is 3.63. The molecule has 2 amide bonds. The number of rotatable bonds is 4. The SMILES string of the molecule is Cc1cn([C@H]2C=C[C@@H](CO)O2)c(=O)[nH]c1=O.NC(=O)NO.O=c1[nH]cnc2c1ncn2[C@H]1CC[C@@H](CO)O1. The predicted octanol–water partition coefficient (Wildman–Crippen LogP) is -1.88. The number of primary amides is 1. The number of hydroxylamine groups is 1. The van der Waals surface area contributed by atoms with E-state index in [0.29, 0.717) is 16.7 Å². The van der Waals surface area contributed by atoms with Gasteiger partial charge in [-0.1, -0.05) is 6.08 Å². The number of aromatic amines is 2. The summed E-state index contributed by atoms with van der Waals surface area (Å²) < 4.78 is 14.0. The number of aliphatic hydroxyl groups is 2. The molecule has 4 atom stereocenters. The molecule has 3 aromatic heterocycles. The minimum atomic E-state index is -0.940. The Morgan fingerprint density at radius 3 is 2.47 bits per heavy atom. The Hall–Kier alpha value is -4.16. The molecule has 2 aliphatic rings. The minimum Gasteiger partial charge on any atom is -0.394 e. The number of ether oxygens (including phenoxy) is 2. The van der Waals surface area contributed by atoms with Gasteiger partial charge in [0.25, 0.3) is 11.1 Å². The second-order valence-corrected chi connectivity index (χ2v) is 8.12. The van der Waals surface area contributed by atoms with E-state index in [0.717, 1.165) is 12.8 Å². The van der Waals surface area contributed by atoms with Gasteiger partial charge in [0.2, 0.25) is 0 Å². The van der Waals surface area contributed by atoms with E-state index >= 15 is 0 Å². The third kappa shape index (κ3) is 6.78. The summed E-state index contributed by atoms with van der Waals surface area (Å²) in [5.74, 6) is 0. The zero-order chi connectivity index (χ0) is 27.8. The van der Waals surface area contributed by atoms with Crippen LogP contribution >= 0.6 is 0 Å². The number of H-pyrrole nitrogens is 2. The van der Waals surface area contributed by atoms with Gasteiger partial charge in [-0.25, -0.2) is 25.0 Å². The van der Waals surface area contributed by atoms with E-state index in [1.807, 2.05) is 0 Å². The van der Waals surface area contributed by atoms with Crippen LogP contribution in [0.2, 0.25) is 0 Å². The number of imidazole rings is 1. The number of carbonyl (C=O) groups is 1. The van der Waals surface area contributed by atoms with Crippen LogP contribution in [0.15, 0.2) is 45.4 Å². The molecule has 8 N–H and O–H groups in total. The van der Waals surface area contributed by atoms with Crippen molar-refractivity contribution in [1.82, 2.24) is 34.6 Å². The maximum Gasteiger partial charge on any atom is 0.335 e. The first-order valence-corrected chi connectivity index (χ1v) is 11.3. The average Bonchev–Trinajstić information content (AvgIpc) is 3.66. The molecule has 38 heavy (non-hydrogen) atoms. The van der Waals surface area contributed by atoms with Gasteiger partial charge in [-0.3, -0.25) is 28.9 Å². The Bertz CT molecular complexity index is 1440. The van der Waals surface area contributed by atoms with Crippen molar-refractivity contribution in [3.63, 3.8) is 0 Å². The lowest BCUT2D eigenvalue weighted by molar-refractivity contribution is -0.0207. The number of amides is 2. The number of aliphatic hydroxyl groups excluding tert-OH is 2. The maximum absolute atomic E-state index is 11.5. The number of nitrogens with two attached hydrogens (primary N) is 1. The van der Waals surface area contributed by atoms with Crippen LogP contribution in [-0.4, -0.2) is 75.9 Å². The van der Waals surface area contributed by atoms with Crippen molar-refractivity contribution in [2.45, 2.75) is 44.4 Å². The number of aromatic nitrogens is 6. The number of carbonyl (C=O) groups excluding carboxylic acids is 1. The Kier molecular flexibility index (Phi) is 9.63. The van der Waals surface area contributed by atoms with Gasteiger partial charge < -0.3 is 30.4 Å². The molecule has 0 bridgehead atoms. The number of nitrogens with zero attached hydrogens (tertiary/aromatic N) is 4. The molecule has 0 aromatic carbocycles. The van der Waals surface area contributed by atoms with Crippen molar-refractivity contribution < 1.29 is 29.7 Å². The van der Waals surface area contributed by atoms with Crippen molar-refractivity contribution in [1.29, 1.82) is 0 Å². The number of hydrogen-bond donors (Lipinski definition) is 7. The quantitative estimate of drug-likeness (QED) is 0.110. The molecule has 206 valence electrons. The van der Waals surface area contributed by atoms with Gasteiger partial charge in [0, 0.05) is 11.8 Å². The molecule has 17 heteroatoms. The second-order valence-electron chi connectivity index (χ2n) is 8.12. The molecule has 0 unspecified atom stereocenters. The average molecular weight is 537 g/mol. The fourth-order valence-electron chi connectivity index (χ4n) is 3.63. The van der Waals surface area contributed by atoms with Gasteiger partial charge >= 0.3 is 11.7 Å². The molecule has 5 rings (SSSR count). The predicted molar refractivity (Wildman–Crippen MR) is 129 cm³/mol. The van der Waals surface area contributed by atoms with E-state index in [1.165, 1.54) is 22.6 Å². The van der Waals surface area contributed by atoms with Gasteiger partial charge in [0.05, 0.1) is 32.0 Å². The van der Waals surface area contributed by atoms with Crippen molar-refractivity contribution in [3.05, 3.63) is 67.8 Å². The Morgan fingerprint density at radius 1 is 1.13 bits per heavy atom. The Balaban J connectivity index is 0.000000180. The monoisotopic (exact) mass is 536 g/mol. The molecule has 0 radical (unpaired) electrons. The molecule has 5 heterocycles. The van der Waals surface area contributed by atoms with Crippen LogP contribution in [0.3, 0.4) is 0 Å². The number of nitrogens with one attached hydrogen (secondary N) is 3. The van der Waals surface area contributed by atoms with Crippen molar-refractivity contribution in [3.8, 4) is 0 Å². The minimum absolute atomic E-state index is 0.0111. The lowest BCUT2D eigenvalue weighted by Crippen LogP contribution is -2.33. The molecule has 17 nitrogen and oxygen atoms in total. The molecule has 2 aliphatic heterocycles. The van der Waals surface area contributed by atoms with Gasteiger partial charge in [-0.05, 0) is 25.8 Å². The van der Waals surface area contributed by atoms with E-state index in [1.54, 1.807) is 30.0 Å². The summed E-state index contributed by atoms with van der Waals surface area (Å²) in [5.41, 5.74) is 5.53. The van der Waals surface area contributed by atoms with Crippen molar-refractivity contribution in [2.75, 3.05) is 13.2 Å². The van der Waals surface area contributed by atoms with Crippen LogP contribution in [0.4, 0.5) is 4.79 Å². The number of urea groups is 1. The van der Waals surface area contributed by atoms with Crippen LogP contribution in [0.1, 0.15) is 30.9 Å². The molecular weight excluding hydrogens is 508 g/mol. The molecule has 3 aromatic rings. The summed E-state index contributed by atoms with van der Waals surface area (Å²) in [4.78, 5) is 56.2. The summed E-state index contributed by atoms with van der Waals surface area (Å²) in [7, 11) is 0. The molecule has 0 spiro atoms. The highest BCUT2D eigenvalue weighted by Gasteiger charge is 2.27. The fraction of sp³-hybridized carbons (Fsp3) is 0.429. The van der Waals surface area contributed by atoms with E-state index in [4.69, 9.17) is 24.9 Å². The van der Waals surface area contributed by atoms with E-state index in [-0.39, 0.29) is 31.1 Å². The Morgan fingerprint density at radius 2 is 1.87 bits per heavy atom. The third-order valence-corrected chi connectivity index (χ3v) is 5.48. The lowest BCUT2D eigenvalue weighted by Gasteiger charge is -2.14. The molecular formula is C21H28N8O9. The number of hydrogen-bond acceptors (Lipinski definition) is 11. The normalized spacial score (nSPS) is 21.9. The molecule has 1 saturated heterocycles. The first-order valence-electron chi connectivity index (χ1n) is 11.3. The van der Waals surface area contributed by atoms with Crippen LogP contribution in [0.25, 0.3) is 11.2 Å². The first-order chi connectivity index (χ1) is 18.2. The summed E-state index contributed by atoms with van der Waals surface area (Å²) in [6.45, 7) is 1.48. The summed E-state index contributed by atoms with van der Waals surface area (Å²) >= 11 is 0. The summed E-state index contributed by atoms with van der Waals surface area (Å²) in [6.07, 6.45) is 7.96. The van der Waals surface area contributed by atoms with Crippen LogP contribution in [0.5, 0.6) is 0 Å². The highest BCUT2D eigenvalue weighted by atomic mass is 16.5. The molecule has 0 aliphatic carbocycles. The third-order valence-electron chi connectivity index (χ3n) is 5.48. The molecule has 0 saturated carbocycles. The summed E-state index contributed by atoms with van der Waals surface area (Å²) in [6, 6.07) is -0.940. The topological polar surface area (TPSA) is 253 Å². The highest BCUT2D eigenvalue weighted by Crippen LogP contribution is 2.29. The van der Waals surface area contributed by atoms with E-state index < -0.39 is 29.6 Å². The first kappa shape index (κ1) is 28.4. The smallest absolute Gasteiger partial charge is 0.335 e. The van der Waals surface area contributed by atoms with E-state index in [2.05, 4.69) is 25.7 Å². The van der Waals surface area contributed by atoms with Crippen molar-refractivity contribution >= 4 is 17.2 Å². The Labute approximate surface area is 213 Å². The maximum atomic E-state index is 11.5. The largest absolute Gasteiger partial charge is 0.394 e. The van der Waals surface area contributed by atoms with Crippen LogP contribution < -0.4 is 28.0 Å². The second kappa shape index (κ2) is 12.9.